The molecule has 0 atom stereocenters. The molecule has 0 radical (unpaired) electrons. The van der Waals surface area contributed by atoms with Crippen LogP contribution in [0.25, 0.3) is 28.0 Å². The maximum Gasteiger partial charge on any atom is 0.271 e. The van der Waals surface area contributed by atoms with E-state index in [2.05, 4.69) is 6.58 Å². The summed E-state index contributed by atoms with van der Waals surface area (Å²) >= 11 is 0. The van der Waals surface area contributed by atoms with Crippen molar-refractivity contribution in [2.75, 3.05) is 6.61 Å². The van der Waals surface area contributed by atoms with Crippen LogP contribution in [0.5, 0.6) is 5.75 Å². The van der Waals surface area contributed by atoms with Crippen LogP contribution in [0.3, 0.4) is 0 Å². The molecular formula is C21H15F3O. The van der Waals surface area contributed by atoms with E-state index in [-0.39, 0.29) is 5.56 Å². The van der Waals surface area contributed by atoms with E-state index in [4.69, 9.17) is 4.74 Å². The zero-order valence-electron chi connectivity index (χ0n) is 13.3. The Morgan fingerprint density at radius 3 is 2.36 bits per heavy atom. The molecule has 0 unspecified atom stereocenters. The third kappa shape index (κ3) is 3.74. The van der Waals surface area contributed by atoms with Gasteiger partial charge in [-0.25, -0.2) is 4.39 Å². The molecule has 25 heavy (non-hydrogen) atoms. The van der Waals surface area contributed by atoms with Crippen molar-refractivity contribution in [3.63, 3.8) is 0 Å². The third-order valence-electron chi connectivity index (χ3n) is 3.80. The Bertz CT molecular complexity index is 939. The van der Waals surface area contributed by atoms with E-state index >= 15 is 0 Å². The summed E-state index contributed by atoms with van der Waals surface area (Å²) in [5, 5.41) is 0.961. The molecule has 3 aromatic carbocycles. The zero-order valence-corrected chi connectivity index (χ0v) is 13.3. The van der Waals surface area contributed by atoms with E-state index in [9.17, 15) is 13.2 Å². The van der Waals surface area contributed by atoms with Crippen LogP contribution in [0.15, 0.2) is 73.3 Å². The van der Waals surface area contributed by atoms with Crippen LogP contribution >= 0.6 is 0 Å². The van der Waals surface area contributed by atoms with Gasteiger partial charge in [-0.3, -0.25) is 0 Å². The maximum absolute atomic E-state index is 14.3. The Morgan fingerprint density at radius 2 is 1.68 bits per heavy atom. The molecule has 0 saturated heterocycles. The molecule has 0 heterocycles. The van der Waals surface area contributed by atoms with Gasteiger partial charge in [0, 0.05) is 17.0 Å². The van der Waals surface area contributed by atoms with Crippen molar-refractivity contribution in [3.05, 3.63) is 84.7 Å². The van der Waals surface area contributed by atoms with Gasteiger partial charge in [-0.15, -0.1) is 0 Å². The number of hydrogen-bond acceptors (Lipinski definition) is 1. The molecule has 0 bridgehead atoms. The van der Waals surface area contributed by atoms with Crippen molar-refractivity contribution in [1.29, 1.82) is 0 Å². The summed E-state index contributed by atoms with van der Waals surface area (Å²) in [6, 6.07) is 15.7. The minimum Gasteiger partial charge on any atom is -0.490 e. The van der Waals surface area contributed by atoms with E-state index in [1.807, 2.05) is 30.3 Å². The number of rotatable bonds is 5. The van der Waals surface area contributed by atoms with Crippen LogP contribution in [0, 0.1) is 5.82 Å². The number of benzene rings is 3. The summed E-state index contributed by atoms with van der Waals surface area (Å²) < 4.78 is 44.5. The lowest BCUT2D eigenvalue weighted by atomic mass is 9.99. The van der Waals surface area contributed by atoms with E-state index in [1.165, 1.54) is 6.07 Å². The number of halogens is 3. The van der Waals surface area contributed by atoms with E-state index in [1.54, 1.807) is 24.3 Å². The molecule has 0 N–H and O–H groups in total. The van der Waals surface area contributed by atoms with Gasteiger partial charge in [-0.05, 0) is 34.7 Å². The smallest absolute Gasteiger partial charge is 0.271 e. The third-order valence-corrected chi connectivity index (χ3v) is 3.80. The fourth-order valence-corrected chi connectivity index (χ4v) is 2.62. The first-order chi connectivity index (χ1) is 12.1. The molecule has 0 aromatic heterocycles. The topological polar surface area (TPSA) is 9.23 Å². The highest BCUT2D eigenvalue weighted by molar-refractivity contribution is 5.89. The first kappa shape index (κ1) is 16.8. The standard InChI is InChI=1S/C21H15F3O/c1-2-11-25-18-8-5-14(6-9-18)15-7-10-19-16(12-15)3-4-17(21(19)24)13-20(22)23/h2-10,12-13H,1,11H2. The van der Waals surface area contributed by atoms with Gasteiger partial charge in [0.1, 0.15) is 18.2 Å². The second-order valence-electron chi connectivity index (χ2n) is 5.46. The van der Waals surface area contributed by atoms with E-state index < -0.39 is 11.9 Å². The minimum absolute atomic E-state index is 0.121. The molecule has 4 heteroatoms. The predicted octanol–water partition coefficient (Wildman–Crippen LogP) is 6.45. The zero-order chi connectivity index (χ0) is 17.8. The highest BCUT2D eigenvalue weighted by Gasteiger charge is 2.08. The molecule has 3 rings (SSSR count). The quantitative estimate of drug-likeness (QED) is 0.485. The largest absolute Gasteiger partial charge is 0.490 e. The van der Waals surface area contributed by atoms with Crippen molar-refractivity contribution < 1.29 is 17.9 Å². The summed E-state index contributed by atoms with van der Waals surface area (Å²) in [5.74, 6) is 0.0881. The average Bonchev–Trinajstić information content (AvgIpc) is 2.62. The van der Waals surface area contributed by atoms with Crippen molar-refractivity contribution in [2.45, 2.75) is 0 Å². The van der Waals surface area contributed by atoms with Crippen molar-refractivity contribution in [3.8, 4) is 16.9 Å². The monoisotopic (exact) mass is 340 g/mol. The van der Waals surface area contributed by atoms with Gasteiger partial charge < -0.3 is 4.74 Å². The molecule has 0 aliphatic rings. The Labute approximate surface area is 143 Å². The normalized spacial score (nSPS) is 10.5. The summed E-state index contributed by atoms with van der Waals surface area (Å²) in [6.45, 7) is 4.03. The Hall–Kier alpha value is -3.01. The lowest BCUT2D eigenvalue weighted by Gasteiger charge is -2.08. The Kier molecular flexibility index (Phi) is 4.89. The number of hydrogen-bond donors (Lipinski definition) is 0. The first-order valence-corrected chi connectivity index (χ1v) is 7.67. The molecule has 3 aromatic rings. The van der Waals surface area contributed by atoms with Crippen molar-refractivity contribution >= 4 is 16.8 Å². The molecule has 0 amide bonds. The molecule has 0 fully saturated rings. The molecule has 0 aliphatic carbocycles. The molecule has 126 valence electrons. The van der Waals surface area contributed by atoms with Gasteiger partial charge in [0.25, 0.3) is 6.08 Å². The molecule has 0 saturated carbocycles. The average molecular weight is 340 g/mol. The summed E-state index contributed by atoms with van der Waals surface area (Å²) in [5.41, 5.74) is 1.73. The first-order valence-electron chi connectivity index (χ1n) is 7.67. The predicted molar refractivity (Wildman–Crippen MR) is 95.2 cm³/mol. The Balaban J connectivity index is 1.96. The molecular weight excluding hydrogens is 325 g/mol. The summed E-state index contributed by atoms with van der Waals surface area (Å²) in [6.07, 6.45) is 0.280. The SMILES string of the molecule is C=CCOc1ccc(-c2ccc3c(F)c(C=C(F)F)ccc3c2)cc1. The maximum atomic E-state index is 14.3. The second kappa shape index (κ2) is 7.26. The molecule has 0 spiro atoms. The van der Waals surface area contributed by atoms with Gasteiger partial charge >= 0.3 is 0 Å². The van der Waals surface area contributed by atoms with Crippen LogP contribution in [-0.4, -0.2) is 6.61 Å². The minimum atomic E-state index is -1.92. The lowest BCUT2D eigenvalue weighted by Crippen LogP contribution is -1.92. The van der Waals surface area contributed by atoms with Gasteiger partial charge in [-0.2, -0.15) is 8.78 Å². The Morgan fingerprint density at radius 1 is 0.960 bits per heavy atom. The van der Waals surface area contributed by atoms with Crippen LogP contribution < -0.4 is 4.74 Å². The van der Waals surface area contributed by atoms with Gasteiger partial charge in [-0.1, -0.05) is 49.1 Å². The van der Waals surface area contributed by atoms with Gasteiger partial charge in [0.2, 0.25) is 0 Å². The molecule has 1 nitrogen and oxygen atoms in total. The van der Waals surface area contributed by atoms with Crippen LogP contribution in [0.4, 0.5) is 13.2 Å². The van der Waals surface area contributed by atoms with E-state index in [0.717, 1.165) is 16.9 Å². The lowest BCUT2D eigenvalue weighted by molar-refractivity contribution is 0.363. The van der Waals surface area contributed by atoms with Crippen molar-refractivity contribution in [2.24, 2.45) is 0 Å². The van der Waals surface area contributed by atoms with Crippen molar-refractivity contribution in [1.82, 2.24) is 0 Å². The highest BCUT2D eigenvalue weighted by Crippen LogP contribution is 2.29. The summed E-state index contributed by atoms with van der Waals surface area (Å²) in [7, 11) is 0. The van der Waals surface area contributed by atoms with Crippen LogP contribution in [0.1, 0.15) is 5.56 Å². The number of ether oxygens (including phenoxy) is 1. The summed E-state index contributed by atoms with van der Waals surface area (Å²) in [4.78, 5) is 0. The highest BCUT2D eigenvalue weighted by atomic mass is 19.3. The number of fused-ring (bicyclic) bond motifs is 1. The van der Waals surface area contributed by atoms with Crippen LogP contribution in [-0.2, 0) is 0 Å². The second-order valence-corrected chi connectivity index (χ2v) is 5.46. The van der Waals surface area contributed by atoms with Crippen LogP contribution in [0.2, 0.25) is 0 Å². The fraction of sp³-hybridized carbons (Fsp3) is 0.0476. The molecule has 0 aliphatic heterocycles. The van der Waals surface area contributed by atoms with Gasteiger partial charge in [0.05, 0.1) is 0 Å². The van der Waals surface area contributed by atoms with Gasteiger partial charge in [0.15, 0.2) is 0 Å². The van der Waals surface area contributed by atoms with E-state index in [0.29, 0.717) is 23.5 Å². The fourth-order valence-electron chi connectivity index (χ4n) is 2.62.